The van der Waals surface area contributed by atoms with Crippen LogP contribution < -0.4 is 0 Å². The average molecular weight is 309 g/mol. The van der Waals surface area contributed by atoms with Gasteiger partial charge in [0.1, 0.15) is 6.54 Å². The van der Waals surface area contributed by atoms with Crippen LogP contribution in [0.4, 0.5) is 0 Å². The zero-order valence-electron chi connectivity index (χ0n) is 14.0. The Bertz CT molecular complexity index is 220. The first-order valence-corrected chi connectivity index (χ1v) is 9.88. The zero-order valence-corrected chi connectivity index (χ0v) is 15.0. The van der Waals surface area contributed by atoms with Crippen LogP contribution in [0.25, 0.3) is 0 Å². The van der Waals surface area contributed by atoms with E-state index in [-0.39, 0.29) is 6.61 Å². The van der Waals surface area contributed by atoms with Gasteiger partial charge >= 0.3 is 8.80 Å². The Morgan fingerprint density at radius 1 is 0.800 bits per heavy atom. The summed E-state index contributed by atoms with van der Waals surface area (Å²) in [7, 11) is -2.56. The van der Waals surface area contributed by atoms with E-state index in [4.69, 9.17) is 13.3 Å². The van der Waals surface area contributed by atoms with Crippen LogP contribution in [0.3, 0.4) is 0 Å². The maximum Gasteiger partial charge on any atom is 0.506 e. The van der Waals surface area contributed by atoms with Crippen molar-refractivity contribution in [3.8, 4) is 0 Å². The van der Waals surface area contributed by atoms with Crippen molar-refractivity contribution in [2.75, 3.05) is 52.6 Å². The molecular formula is C14H34NO4Si+. The lowest BCUT2D eigenvalue weighted by Crippen LogP contribution is -2.55. The molecule has 0 amide bonds. The van der Waals surface area contributed by atoms with E-state index >= 15 is 0 Å². The molecule has 0 unspecified atom stereocenters. The fraction of sp³-hybridized carbons (Fsp3) is 1.00. The van der Waals surface area contributed by atoms with E-state index in [0.29, 0.717) is 19.8 Å². The van der Waals surface area contributed by atoms with Crippen molar-refractivity contribution in [3.05, 3.63) is 0 Å². The Hall–Kier alpha value is 0.0169. The molecule has 0 spiro atoms. The lowest BCUT2D eigenvalue weighted by molar-refractivity contribution is -0.923. The summed E-state index contributed by atoms with van der Waals surface area (Å²) in [6.45, 7) is 16.1. The average Bonchev–Trinajstić information content (AvgIpc) is 2.44. The van der Waals surface area contributed by atoms with E-state index in [2.05, 4.69) is 13.8 Å². The molecule has 0 aromatic rings. The predicted octanol–water partition coefficient (Wildman–Crippen LogP) is 1.88. The summed E-state index contributed by atoms with van der Waals surface area (Å²) >= 11 is 0. The van der Waals surface area contributed by atoms with Crippen LogP contribution >= 0.6 is 0 Å². The molecule has 0 aromatic heterocycles. The minimum absolute atomic E-state index is 0.216. The highest BCUT2D eigenvalue weighted by Gasteiger charge is 2.43. The number of likely N-dealkylation sites (N-methyl/N-ethyl adjacent to an activating group) is 1. The zero-order chi connectivity index (χ0) is 15.5. The maximum atomic E-state index is 9.31. The first kappa shape index (κ1) is 20.0. The molecule has 0 bridgehead atoms. The summed E-state index contributed by atoms with van der Waals surface area (Å²) in [5.41, 5.74) is 0. The summed E-state index contributed by atoms with van der Waals surface area (Å²) in [6, 6.07) is 0.810. The molecule has 0 radical (unpaired) electrons. The molecule has 0 saturated carbocycles. The summed E-state index contributed by atoms with van der Waals surface area (Å²) in [4.78, 5) is 0. The third kappa shape index (κ3) is 6.20. The summed E-state index contributed by atoms with van der Waals surface area (Å²) in [5, 5.41) is 9.31. The van der Waals surface area contributed by atoms with Crippen molar-refractivity contribution in [1.82, 2.24) is 0 Å². The van der Waals surface area contributed by atoms with Gasteiger partial charge in [-0.2, -0.15) is 0 Å². The molecule has 0 aliphatic carbocycles. The second kappa shape index (κ2) is 10.7. The first-order chi connectivity index (χ1) is 9.57. The van der Waals surface area contributed by atoms with E-state index in [0.717, 1.165) is 36.7 Å². The van der Waals surface area contributed by atoms with Gasteiger partial charge in [0.25, 0.3) is 0 Å². The Morgan fingerprint density at radius 3 is 1.55 bits per heavy atom. The fourth-order valence-corrected chi connectivity index (χ4v) is 5.31. The molecule has 0 heterocycles. The van der Waals surface area contributed by atoms with Gasteiger partial charge in [-0.3, -0.25) is 0 Å². The molecule has 0 saturated heterocycles. The standard InChI is InChI=1S/C14H34NO4Si/c1-6-15(7-2,11-13-16)12-14-20(17-8-3,18-9-4)19-10-5/h16H,6-14H2,1-5H3/q+1. The van der Waals surface area contributed by atoms with Crippen molar-refractivity contribution >= 4 is 8.80 Å². The highest BCUT2D eigenvalue weighted by Crippen LogP contribution is 2.19. The number of quaternary nitrogens is 1. The van der Waals surface area contributed by atoms with Crippen LogP contribution in [0, 0.1) is 0 Å². The molecule has 0 aliphatic heterocycles. The maximum absolute atomic E-state index is 9.31. The second-order valence-electron chi connectivity index (χ2n) is 4.88. The summed E-state index contributed by atoms with van der Waals surface area (Å²) < 4.78 is 18.6. The molecule has 5 nitrogen and oxygen atoms in total. The number of rotatable bonds is 13. The monoisotopic (exact) mass is 308 g/mol. The lowest BCUT2D eigenvalue weighted by Gasteiger charge is -2.38. The van der Waals surface area contributed by atoms with Crippen LogP contribution in [-0.2, 0) is 13.3 Å². The summed E-state index contributed by atoms with van der Waals surface area (Å²) in [6.07, 6.45) is 0. The minimum atomic E-state index is -2.56. The predicted molar refractivity (Wildman–Crippen MR) is 83.6 cm³/mol. The van der Waals surface area contributed by atoms with Gasteiger partial charge in [-0.05, 0) is 34.6 Å². The molecule has 0 rings (SSSR count). The SMILES string of the molecule is CCO[Si](CC[N+](CC)(CC)CCO)(OCC)OCC. The van der Waals surface area contributed by atoms with Gasteiger partial charge in [0.2, 0.25) is 0 Å². The van der Waals surface area contributed by atoms with E-state index in [1.165, 1.54) is 0 Å². The Morgan fingerprint density at radius 2 is 1.25 bits per heavy atom. The molecule has 20 heavy (non-hydrogen) atoms. The fourth-order valence-electron chi connectivity index (χ4n) is 2.56. The lowest BCUT2D eigenvalue weighted by atomic mass is 10.3. The number of nitrogens with zero attached hydrogens (tertiary/aromatic N) is 1. The molecule has 0 aromatic carbocycles. The first-order valence-electron chi connectivity index (χ1n) is 7.95. The van der Waals surface area contributed by atoms with Gasteiger partial charge in [0.15, 0.2) is 0 Å². The highest BCUT2D eigenvalue weighted by molar-refractivity contribution is 6.60. The van der Waals surface area contributed by atoms with Crippen molar-refractivity contribution in [3.63, 3.8) is 0 Å². The largest absolute Gasteiger partial charge is 0.506 e. The van der Waals surface area contributed by atoms with Gasteiger partial charge in [-0.1, -0.05) is 0 Å². The molecule has 122 valence electrons. The van der Waals surface area contributed by atoms with E-state index in [1.54, 1.807) is 0 Å². The number of hydrogen-bond donors (Lipinski definition) is 1. The molecule has 0 atom stereocenters. The molecule has 6 heteroatoms. The highest BCUT2D eigenvalue weighted by atomic mass is 28.4. The third-order valence-electron chi connectivity index (χ3n) is 3.90. The van der Waals surface area contributed by atoms with E-state index in [9.17, 15) is 5.11 Å². The van der Waals surface area contributed by atoms with E-state index in [1.807, 2.05) is 20.8 Å². The van der Waals surface area contributed by atoms with E-state index < -0.39 is 8.80 Å². The Kier molecular flexibility index (Phi) is 10.7. The molecule has 1 N–H and O–H groups in total. The molecular weight excluding hydrogens is 274 g/mol. The number of aliphatic hydroxyl groups excluding tert-OH is 1. The van der Waals surface area contributed by atoms with Crippen molar-refractivity contribution in [2.45, 2.75) is 40.7 Å². The Balaban J connectivity index is 4.85. The smallest absolute Gasteiger partial charge is 0.391 e. The third-order valence-corrected chi connectivity index (χ3v) is 6.92. The van der Waals surface area contributed by atoms with Gasteiger partial charge in [0, 0.05) is 19.8 Å². The van der Waals surface area contributed by atoms with Gasteiger partial charge in [0.05, 0.1) is 32.3 Å². The molecule has 0 fully saturated rings. The van der Waals surface area contributed by atoms with Crippen molar-refractivity contribution in [1.29, 1.82) is 0 Å². The van der Waals surface area contributed by atoms with Crippen molar-refractivity contribution in [2.24, 2.45) is 0 Å². The quantitative estimate of drug-likeness (QED) is 0.417. The van der Waals surface area contributed by atoms with Crippen LogP contribution in [0.2, 0.25) is 6.04 Å². The summed E-state index contributed by atoms with van der Waals surface area (Å²) in [5.74, 6) is 0. The van der Waals surface area contributed by atoms with Gasteiger partial charge < -0.3 is 22.9 Å². The van der Waals surface area contributed by atoms with Crippen LogP contribution in [-0.4, -0.2) is 71.0 Å². The minimum Gasteiger partial charge on any atom is -0.391 e. The normalized spacial score (nSPS) is 12.9. The number of hydrogen-bond acceptors (Lipinski definition) is 4. The van der Waals surface area contributed by atoms with Gasteiger partial charge in [-0.25, -0.2) is 0 Å². The number of aliphatic hydroxyl groups is 1. The Labute approximate surface area is 125 Å². The van der Waals surface area contributed by atoms with Crippen LogP contribution in [0.15, 0.2) is 0 Å². The molecule has 0 aliphatic rings. The topological polar surface area (TPSA) is 47.9 Å². The van der Waals surface area contributed by atoms with Crippen LogP contribution in [0.5, 0.6) is 0 Å². The van der Waals surface area contributed by atoms with Crippen molar-refractivity contribution < 1.29 is 22.9 Å². The van der Waals surface area contributed by atoms with Crippen LogP contribution in [0.1, 0.15) is 34.6 Å². The van der Waals surface area contributed by atoms with Gasteiger partial charge in [-0.15, -0.1) is 0 Å². The second-order valence-corrected chi connectivity index (χ2v) is 7.61.